The Hall–Kier alpha value is -3.46. The number of halogens is 3. The van der Waals surface area contributed by atoms with E-state index in [0.29, 0.717) is 23.8 Å². The molecule has 4 rings (SSSR count). The van der Waals surface area contributed by atoms with Crippen molar-refractivity contribution in [2.24, 2.45) is 0 Å². The molecule has 1 amide bonds. The summed E-state index contributed by atoms with van der Waals surface area (Å²) in [5.74, 6) is 0.468. The van der Waals surface area contributed by atoms with Gasteiger partial charge < -0.3 is 9.84 Å². The number of aromatic nitrogens is 2. The smallest absolute Gasteiger partial charge is 0.339 e. The van der Waals surface area contributed by atoms with Crippen molar-refractivity contribution in [2.45, 2.75) is 19.0 Å². The Morgan fingerprint density at radius 1 is 1.06 bits per heavy atom. The Kier molecular flexibility index (Phi) is 5.85. The van der Waals surface area contributed by atoms with Crippen molar-refractivity contribution in [1.29, 1.82) is 0 Å². The number of carbonyl (C=O) groups is 1. The minimum atomic E-state index is -4.45. The van der Waals surface area contributed by atoms with Gasteiger partial charge in [0.15, 0.2) is 0 Å². The Labute approximate surface area is 179 Å². The Morgan fingerprint density at radius 3 is 2.68 bits per heavy atom. The van der Waals surface area contributed by atoms with Gasteiger partial charge >= 0.3 is 6.18 Å². The molecule has 0 fully saturated rings. The van der Waals surface area contributed by atoms with Crippen molar-refractivity contribution in [1.82, 2.24) is 10.1 Å². The molecule has 4 aromatic rings. The van der Waals surface area contributed by atoms with Crippen molar-refractivity contribution in [3.63, 3.8) is 0 Å². The van der Waals surface area contributed by atoms with Crippen LogP contribution in [0, 0.1) is 0 Å². The van der Waals surface area contributed by atoms with E-state index in [2.05, 4.69) is 15.5 Å². The van der Waals surface area contributed by atoms with E-state index in [-0.39, 0.29) is 12.0 Å². The lowest BCUT2D eigenvalue weighted by Gasteiger charge is -2.11. The van der Waals surface area contributed by atoms with Crippen LogP contribution in [0.25, 0.3) is 10.7 Å². The maximum Gasteiger partial charge on any atom is 0.416 e. The summed E-state index contributed by atoms with van der Waals surface area (Å²) in [5, 5.41) is 8.66. The molecule has 1 N–H and O–H groups in total. The van der Waals surface area contributed by atoms with Crippen molar-refractivity contribution in [3.05, 3.63) is 88.6 Å². The van der Waals surface area contributed by atoms with Gasteiger partial charge in [0, 0.05) is 5.69 Å². The minimum Gasteiger partial charge on any atom is -0.339 e. The summed E-state index contributed by atoms with van der Waals surface area (Å²) in [6.45, 7) is 0. The van der Waals surface area contributed by atoms with E-state index >= 15 is 0 Å². The van der Waals surface area contributed by atoms with E-state index in [1.54, 1.807) is 12.1 Å². The average molecular weight is 443 g/mol. The van der Waals surface area contributed by atoms with Gasteiger partial charge in [0.2, 0.25) is 17.6 Å². The monoisotopic (exact) mass is 443 g/mol. The fourth-order valence-electron chi connectivity index (χ4n) is 3.03. The number of hydrogen-bond donors (Lipinski definition) is 1. The summed E-state index contributed by atoms with van der Waals surface area (Å²) in [6, 6.07) is 15.6. The topological polar surface area (TPSA) is 68.0 Å². The van der Waals surface area contributed by atoms with Crippen LogP contribution < -0.4 is 5.32 Å². The van der Waals surface area contributed by atoms with E-state index in [1.165, 1.54) is 23.5 Å². The molecule has 0 unspecified atom stereocenters. The molecule has 2 aromatic carbocycles. The third-order valence-electron chi connectivity index (χ3n) is 4.46. The minimum absolute atomic E-state index is 0.179. The van der Waals surface area contributed by atoms with Gasteiger partial charge in [-0.2, -0.15) is 18.2 Å². The van der Waals surface area contributed by atoms with Gasteiger partial charge in [0.1, 0.15) is 0 Å². The molecule has 0 saturated carbocycles. The molecular weight excluding hydrogens is 427 g/mol. The summed E-state index contributed by atoms with van der Waals surface area (Å²) in [4.78, 5) is 17.7. The van der Waals surface area contributed by atoms with Gasteiger partial charge in [0.05, 0.1) is 23.3 Å². The van der Waals surface area contributed by atoms with Crippen LogP contribution in [-0.2, 0) is 23.8 Å². The van der Waals surface area contributed by atoms with Crippen molar-refractivity contribution >= 4 is 22.9 Å². The molecule has 0 radical (unpaired) electrons. The summed E-state index contributed by atoms with van der Waals surface area (Å²) in [6.07, 6.45) is -4.33. The molecule has 2 aromatic heterocycles. The standard InChI is InChI=1S/C22H16F3N3O2S/c23-22(24,25)16-7-3-5-14(11-16)12-19(29)26-17-8-2-1-6-15(17)13-20-27-21(28-30-20)18-9-4-10-31-18/h1-11H,12-13H2,(H,26,29). The highest BCUT2D eigenvalue weighted by molar-refractivity contribution is 7.13. The van der Waals surface area contributed by atoms with E-state index in [9.17, 15) is 18.0 Å². The van der Waals surface area contributed by atoms with Crippen LogP contribution in [0.15, 0.2) is 70.6 Å². The summed E-state index contributed by atoms with van der Waals surface area (Å²) < 4.78 is 44.0. The summed E-state index contributed by atoms with van der Waals surface area (Å²) >= 11 is 1.50. The third-order valence-corrected chi connectivity index (χ3v) is 5.33. The number of hydrogen-bond acceptors (Lipinski definition) is 5. The summed E-state index contributed by atoms with van der Waals surface area (Å²) in [7, 11) is 0. The van der Waals surface area contributed by atoms with Gasteiger partial charge in [-0.25, -0.2) is 0 Å². The SMILES string of the molecule is O=C(Cc1cccc(C(F)(F)F)c1)Nc1ccccc1Cc1nc(-c2cccs2)no1. The van der Waals surface area contributed by atoms with Crippen molar-refractivity contribution < 1.29 is 22.5 Å². The second kappa shape index (κ2) is 8.73. The van der Waals surface area contributed by atoms with Crippen molar-refractivity contribution in [3.8, 4) is 10.7 Å². The summed E-state index contributed by atoms with van der Waals surface area (Å²) in [5.41, 5.74) is 0.787. The van der Waals surface area contributed by atoms with E-state index in [1.807, 2.05) is 29.6 Å². The van der Waals surface area contributed by atoms with Gasteiger partial charge in [-0.05, 0) is 34.7 Å². The number of alkyl halides is 3. The van der Waals surface area contributed by atoms with Gasteiger partial charge in [-0.1, -0.05) is 47.6 Å². The number of nitrogens with one attached hydrogen (secondary N) is 1. The Bertz CT molecular complexity index is 1190. The first-order valence-electron chi connectivity index (χ1n) is 9.29. The van der Waals surface area contributed by atoms with Gasteiger partial charge in [-0.3, -0.25) is 4.79 Å². The number of carbonyl (C=O) groups excluding carboxylic acids is 1. The number of nitrogens with zero attached hydrogens (tertiary/aromatic N) is 2. The average Bonchev–Trinajstić information content (AvgIpc) is 3.41. The van der Waals surface area contributed by atoms with Gasteiger partial charge in [-0.15, -0.1) is 11.3 Å². The molecule has 0 spiro atoms. The Balaban J connectivity index is 1.46. The molecule has 0 aliphatic heterocycles. The first kappa shape index (κ1) is 20.8. The molecular formula is C22H16F3N3O2S. The van der Waals surface area contributed by atoms with Crippen LogP contribution in [0.3, 0.4) is 0 Å². The van der Waals surface area contributed by atoms with E-state index < -0.39 is 17.6 Å². The fourth-order valence-corrected chi connectivity index (χ4v) is 3.68. The fraction of sp³-hybridized carbons (Fsp3) is 0.136. The lowest BCUT2D eigenvalue weighted by Crippen LogP contribution is -2.16. The zero-order chi connectivity index (χ0) is 21.8. The van der Waals surface area contributed by atoms with Crippen LogP contribution in [0.2, 0.25) is 0 Å². The highest BCUT2D eigenvalue weighted by Crippen LogP contribution is 2.30. The number of amides is 1. The molecule has 0 aliphatic carbocycles. The molecule has 0 aliphatic rings. The van der Waals surface area contributed by atoms with Crippen molar-refractivity contribution in [2.75, 3.05) is 5.32 Å². The second-order valence-electron chi connectivity index (χ2n) is 6.75. The normalized spacial score (nSPS) is 11.5. The molecule has 0 saturated heterocycles. The second-order valence-corrected chi connectivity index (χ2v) is 7.69. The van der Waals surface area contributed by atoms with Crippen LogP contribution >= 0.6 is 11.3 Å². The van der Waals surface area contributed by atoms with Crippen LogP contribution in [-0.4, -0.2) is 16.0 Å². The first-order valence-corrected chi connectivity index (χ1v) is 10.2. The van der Waals surface area contributed by atoms with Crippen LogP contribution in [0.1, 0.15) is 22.6 Å². The van der Waals surface area contributed by atoms with Crippen LogP contribution in [0.4, 0.5) is 18.9 Å². The lowest BCUT2D eigenvalue weighted by molar-refractivity contribution is -0.137. The maximum atomic E-state index is 12.9. The molecule has 5 nitrogen and oxygen atoms in total. The quantitative estimate of drug-likeness (QED) is 0.422. The number of para-hydroxylation sites is 1. The molecule has 31 heavy (non-hydrogen) atoms. The molecule has 0 atom stereocenters. The lowest BCUT2D eigenvalue weighted by atomic mass is 10.1. The van der Waals surface area contributed by atoms with E-state index in [4.69, 9.17) is 4.52 Å². The number of thiophene rings is 1. The number of rotatable bonds is 6. The molecule has 0 bridgehead atoms. The third kappa shape index (κ3) is 5.18. The Morgan fingerprint density at radius 2 is 1.90 bits per heavy atom. The maximum absolute atomic E-state index is 12.9. The molecule has 158 valence electrons. The highest BCUT2D eigenvalue weighted by atomic mass is 32.1. The highest BCUT2D eigenvalue weighted by Gasteiger charge is 2.30. The van der Waals surface area contributed by atoms with E-state index in [0.717, 1.165) is 22.6 Å². The number of benzene rings is 2. The largest absolute Gasteiger partial charge is 0.416 e. The zero-order valence-electron chi connectivity index (χ0n) is 16.0. The predicted octanol–water partition coefficient (Wildman–Crippen LogP) is 5.59. The van der Waals surface area contributed by atoms with Crippen LogP contribution in [0.5, 0.6) is 0 Å². The molecule has 2 heterocycles. The van der Waals surface area contributed by atoms with Gasteiger partial charge in [0.25, 0.3) is 0 Å². The first-order chi connectivity index (χ1) is 14.9. The number of anilines is 1. The molecule has 9 heteroatoms. The predicted molar refractivity (Wildman–Crippen MR) is 111 cm³/mol. The zero-order valence-corrected chi connectivity index (χ0v) is 16.8.